The molecule has 0 bridgehead atoms. The molecule has 0 spiro atoms. The van der Waals surface area contributed by atoms with Crippen LogP contribution in [0.2, 0.25) is 0 Å². The molecule has 1 N–H and O–H groups in total. The van der Waals surface area contributed by atoms with Crippen LogP contribution < -0.4 is 9.88 Å². The van der Waals surface area contributed by atoms with E-state index in [0.717, 1.165) is 31.5 Å². The Hall–Kier alpha value is -2.69. The Morgan fingerprint density at radius 1 is 0.857 bits per heavy atom. The van der Waals surface area contributed by atoms with Gasteiger partial charge in [-0.2, -0.15) is 0 Å². The van der Waals surface area contributed by atoms with Crippen LogP contribution in [-0.2, 0) is 17.6 Å². The third-order valence-electron chi connectivity index (χ3n) is 5.93. The first kappa shape index (κ1) is 18.7. The van der Waals surface area contributed by atoms with E-state index < -0.39 is 0 Å². The van der Waals surface area contributed by atoms with Gasteiger partial charge in [0.15, 0.2) is 18.2 Å². The zero-order valence-electron chi connectivity index (χ0n) is 16.3. The second-order valence-corrected chi connectivity index (χ2v) is 7.74. The lowest BCUT2D eigenvalue weighted by molar-refractivity contribution is -0.377. The first-order valence-corrected chi connectivity index (χ1v) is 10.3. The lowest BCUT2D eigenvalue weighted by Gasteiger charge is -2.35. The number of carbonyl (C=O) groups excluding carboxylic acids is 2. The number of piperazine rings is 1. The Balaban J connectivity index is 1.27. The number of Topliss-reactive ketones (excluding diaryl/α,β-unsaturated/α-hetero) is 1. The first-order chi connectivity index (χ1) is 13.7. The summed E-state index contributed by atoms with van der Waals surface area (Å²) in [7, 11) is 0. The number of amides is 1. The largest absolute Gasteiger partial charge is 0.368 e. The molecule has 1 aromatic heterocycles. The van der Waals surface area contributed by atoms with Gasteiger partial charge in [0.25, 0.3) is 0 Å². The third-order valence-corrected chi connectivity index (χ3v) is 5.93. The van der Waals surface area contributed by atoms with Crippen LogP contribution in [0.4, 0.5) is 5.69 Å². The maximum Gasteiger partial charge on any atom is 0.223 e. The molecule has 1 fully saturated rings. The standard InChI is InChI=1S/C23H27N3O2/c27-22(20-6-5-18-3-1-2-4-19(18)17-20)7-8-23(28)26-15-13-25(14-16-26)21-9-11-24-12-10-21/h5-6,9-12,17H,1-4,7-8,13-16H2/p+1. The van der Waals surface area contributed by atoms with Gasteiger partial charge in [0, 0.05) is 62.4 Å². The number of ketones is 1. The van der Waals surface area contributed by atoms with Crippen LogP contribution >= 0.6 is 0 Å². The third kappa shape index (κ3) is 4.24. The van der Waals surface area contributed by atoms with Crippen molar-refractivity contribution < 1.29 is 14.6 Å². The molecule has 28 heavy (non-hydrogen) atoms. The number of H-pyrrole nitrogens is 1. The van der Waals surface area contributed by atoms with Gasteiger partial charge in [-0.1, -0.05) is 12.1 Å². The maximum absolute atomic E-state index is 12.6. The summed E-state index contributed by atoms with van der Waals surface area (Å²) in [6, 6.07) is 10.2. The second kappa shape index (κ2) is 8.55. The van der Waals surface area contributed by atoms with Crippen molar-refractivity contribution in [3.8, 4) is 0 Å². The van der Waals surface area contributed by atoms with Gasteiger partial charge in [0.05, 0.1) is 0 Å². The highest BCUT2D eigenvalue weighted by Gasteiger charge is 2.22. The number of pyridine rings is 1. The fourth-order valence-electron chi connectivity index (χ4n) is 4.23. The van der Waals surface area contributed by atoms with Gasteiger partial charge in [-0.3, -0.25) is 9.59 Å². The summed E-state index contributed by atoms with van der Waals surface area (Å²) in [5.41, 5.74) is 4.64. The number of hydrogen-bond acceptors (Lipinski definition) is 3. The molecular weight excluding hydrogens is 350 g/mol. The zero-order valence-corrected chi connectivity index (χ0v) is 16.3. The molecule has 5 heteroatoms. The van der Waals surface area contributed by atoms with E-state index in [4.69, 9.17) is 0 Å². The summed E-state index contributed by atoms with van der Waals surface area (Å²) in [4.78, 5) is 32.3. The van der Waals surface area contributed by atoms with Crippen LogP contribution in [0.3, 0.4) is 0 Å². The van der Waals surface area contributed by atoms with Crippen molar-refractivity contribution in [2.45, 2.75) is 38.5 Å². The monoisotopic (exact) mass is 378 g/mol. The number of carbonyl (C=O) groups is 2. The molecule has 1 amide bonds. The van der Waals surface area contributed by atoms with Gasteiger partial charge >= 0.3 is 0 Å². The Bertz CT molecular complexity index is 842. The average Bonchev–Trinajstić information content (AvgIpc) is 2.77. The quantitative estimate of drug-likeness (QED) is 0.752. The van der Waals surface area contributed by atoms with E-state index in [0.29, 0.717) is 25.9 Å². The van der Waals surface area contributed by atoms with Crippen molar-refractivity contribution in [3.63, 3.8) is 0 Å². The molecule has 0 atom stereocenters. The van der Waals surface area contributed by atoms with Gasteiger partial charge in [-0.25, -0.2) is 4.98 Å². The Morgan fingerprint density at radius 3 is 2.32 bits per heavy atom. The molecular formula is C23H28N3O2+. The SMILES string of the molecule is O=C(CCC(=O)N1CCN(c2cc[nH+]cc2)CC1)c1ccc2c(c1)CCCC2. The van der Waals surface area contributed by atoms with Gasteiger partial charge in [0.2, 0.25) is 5.91 Å². The fraction of sp³-hybridized carbons (Fsp3) is 0.435. The molecule has 5 nitrogen and oxygen atoms in total. The van der Waals surface area contributed by atoms with Crippen molar-refractivity contribution in [1.82, 2.24) is 4.90 Å². The summed E-state index contributed by atoms with van der Waals surface area (Å²) < 4.78 is 0. The number of rotatable bonds is 5. The second-order valence-electron chi connectivity index (χ2n) is 7.74. The van der Waals surface area contributed by atoms with Crippen molar-refractivity contribution in [1.29, 1.82) is 0 Å². The number of aromatic amines is 1. The van der Waals surface area contributed by atoms with E-state index >= 15 is 0 Å². The number of anilines is 1. The van der Waals surface area contributed by atoms with Crippen molar-refractivity contribution in [2.24, 2.45) is 0 Å². The molecule has 1 aliphatic carbocycles. The zero-order chi connectivity index (χ0) is 19.3. The number of aryl methyl sites for hydroxylation is 2. The van der Waals surface area contributed by atoms with Gasteiger partial charge in [-0.05, 0) is 42.9 Å². The van der Waals surface area contributed by atoms with E-state index in [-0.39, 0.29) is 11.7 Å². The highest BCUT2D eigenvalue weighted by Crippen LogP contribution is 2.23. The van der Waals surface area contributed by atoms with Crippen LogP contribution in [0.5, 0.6) is 0 Å². The maximum atomic E-state index is 12.6. The van der Waals surface area contributed by atoms with Crippen LogP contribution in [0.15, 0.2) is 42.7 Å². The molecule has 2 aliphatic rings. The highest BCUT2D eigenvalue weighted by atomic mass is 16.2. The van der Waals surface area contributed by atoms with E-state index in [1.54, 1.807) is 0 Å². The van der Waals surface area contributed by atoms with Gasteiger partial charge < -0.3 is 9.80 Å². The summed E-state index contributed by atoms with van der Waals surface area (Å²) in [5.74, 6) is 0.174. The number of nitrogens with one attached hydrogen (secondary N) is 1. The number of benzene rings is 1. The fourth-order valence-corrected chi connectivity index (χ4v) is 4.23. The molecule has 2 heterocycles. The molecule has 2 aromatic rings. The number of hydrogen-bond donors (Lipinski definition) is 0. The smallest absolute Gasteiger partial charge is 0.223 e. The number of aromatic nitrogens is 1. The number of fused-ring (bicyclic) bond motifs is 1. The lowest BCUT2D eigenvalue weighted by Crippen LogP contribution is -2.48. The summed E-state index contributed by atoms with van der Waals surface area (Å²) in [6.45, 7) is 3.08. The predicted octanol–water partition coefficient (Wildman–Crippen LogP) is 2.69. The Morgan fingerprint density at radius 2 is 1.57 bits per heavy atom. The molecule has 4 rings (SSSR count). The summed E-state index contributed by atoms with van der Waals surface area (Å²) in [6.07, 6.45) is 9.07. The van der Waals surface area contributed by atoms with Crippen molar-refractivity contribution >= 4 is 17.4 Å². The Kier molecular flexibility index (Phi) is 5.70. The average molecular weight is 378 g/mol. The van der Waals surface area contributed by atoms with Gasteiger partial charge in [0.1, 0.15) is 0 Å². The minimum Gasteiger partial charge on any atom is -0.368 e. The summed E-state index contributed by atoms with van der Waals surface area (Å²) in [5, 5.41) is 0. The number of nitrogens with zero attached hydrogens (tertiary/aromatic N) is 2. The van der Waals surface area contributed by atoms with Crippen LogP contribution in [-0.4, -0.2) is 42.8 Å². The molecule has 146 valence electrons. The first-order valence-electron chi connectivity index (χ1n) is 10.3. The van der Waals surface area contributed by atoms with Crippen LogP contribution in [0.1, 0.15) is 47.2 Å². The summed E-state index contributed by atoms with van der Waals surface area (Å²) >= 11 is 0. The highest BCUT2D eigenvalue weighted by molar-refractivity contribution is 5.98. The van der Waals surface area contributed by atoms with E-state index in [1.165, 1.54) is 29.7 Å². The van der Waals surface area contributed by atoms with Crippen LogP contribution in [0, 0.1) is 0 Å². The van der Waals surface area contributed by atoms with E-state index in [1.807, 2.05) is 23.4 Å². The molecule has 0 saturated carbocycles. The Labute approximate surface area is 166 Å². The minimum absolute atomic E-state index is 0.0842. The topological polar surface area (TPSA) is 54.8 Å². The van der Waals surface area contributed by atoms with Crippen molar-refractivity contribution in [3.05, 3.63) is 59.4 Å². The minimum atomic E-state index is 0.0842. The van der Waals surface area contributed by atoms with Gasteiger partial charge in [-0.15, -0.1) is 0 Å². The normalized spacial score (nSPS) is 16.6. The molecule has 1 saturated heterocycles. The molecule has 0 unspecified atom stereocenters. The molecule has 1 aromatic carbocycles. The van der Waals surface area contributed by atoms with E-state index in [9.17, 15) is 9.59 Å². The lowest BCUT2D eigenvalue weighted by atomic mass is 9.89. The molecule has 1 aliphatic heterocycles. The predicted molar refractivity (Wildman–Crippen MR) is 108 cm³/mol. The van der Waals surface area contributed by atoms with Crippen LogP contribution in [0.25, 0.3) is 0 Å². The molecule has 0 radical (unpaired) electrons. The van der Waals surface area contributed by atoms with E-state index in [2.05, 4.69) is 34.1 Å². The van der Waals surface area contributed by atoms with Crippen molar-refractivity contribution in [2.75, 3.05) is 31.1 Å².